The molecule has 0 N–H and O–H groups in total. The third-order valence-corrected chi connectivity index (χ3v) is 5.86. The van der Waals surface area contributed by atoms with Crippen LogP contribution in [0.25, 0.3) is 10.1 Å². The zero-order valence-electron chi connectivity index (χ0n) is 10.2. The summed E-state index contributed by atoms with van der Waals surface area (Å²) in [5, 5.41) is 0.764. The highest BCUT2D eigenvalue weighted by molar-refractivity contribution is 7.38. The van der Waals surface area contributed by atoms with Crippen molar-refractivity contribution in [1.29, 1.82) is 0 Å². The van der Waals surface area contributed by atoms with E-state index in [2.05, 4.69) is 0 Å². The first-order valence-corrected chi connectivity index (χ1v) is 7.41. The Morgan fingerprint density at radius 3 is 2.32 bits per heavy atom. The molecule has 3 rings (SSSR count). The second kappa shape index (κ2) is 5.12. The molecule has 0 aliphatic heterocycles. The minimum atomic E-state index is -4.14. The van der Waals surface area contributed by atoms with Gasteiger partial charge in [0.05, 0.1) is 10.5 Å². The molecular weight excluding hydrogens is 276 g/mol. The summed E-state index contributed by atoms with van der Waals surface area (Å²) in [5.41, 5.74) is -4.14. The second-order valence-electron chi connectivity index (χ2n) is 4.82. The standard InChI is InChI=1S/C14H14F3S.FH/c15-14(16,17)18-12-8-4-3-7-11(12)9-13(18)10-5-1-2-6-10;/h3-4,7-10H,1-2,5-6H2;1H/q+1;/p-1. The minimum absolute atomic E-state index is 0. The quantitative estimate of drug-likeness (QED) is 0.559. The molecule has 104 valence electrons. The van der Waals surface area contributed by atoms with Crippen molar-refractivity contribution in [2.75, 3.05) is 0 Å². The smallest absolute Gasteiger partial charge is 0.600 e. The normalized spacial score (nSPS) is 17.7. The van der Waals surface area contributed by atoms with Crippen molar-refractivity contribution in [3.8, 4) is 0 Å². The van der Waals surface area contributed by atoms with Gasteiger partial charge in [0, 0.05) is 17.4 Å². The topological polar surface area (TPSA) is 0 Å². The second-order valence-corrected chi connectivity index (χ2v) is 6.80. The van der Waals surface area contributed by atoms with Gasteiger partial charge in [-0.2, -0.15) is 0 Å². The zero-order valence-corrected chi connectivity index (χ0v) is 11.0. The fourth-order valence-corrected chi connectivity index (χ4v) is 5.04. The molecule has 0 spiro atoms. The van der Waals surface area contributed by atoms with Gasteiger partial charge in [-0.1, -0.05) is 25.0 Å². The van der Waals surface area contributed by atoms with Crippen LogP contribution in [-0.2, 0) is 5.51 Å². The van der Waals surface area contributed by atoms with Crippen LogP contribution in [-0.4, -0.2) is 0 Å². The van der Waals surface area contributed by atoms with Crippen molar-refractivity contribution in [3.05, 3.63) is 35.2 Å². The summed E-state index contributed by atoms with van der Waals surface area (Å²) in [6.07, 6.45) is 3.96. The van der Waals surface area contributed by atoms with Gasteiger partial charge >= 0.3 is 5.51 Å². The minimum Gasteiger partial charge on any atom is -1.00 e. The van der Waals surface area contributed by atoms with Gasteiger partial charge in [-0.05, 0) is 25.0 Å². The Kier molecular flexibility index (Phi) is 3.85. The first-order valence-electron chi connectivity index (χ1n) is 6.19. The molecule has 1 aliphatic rings. The van der Waals surface area contributed by atoms with Crippen LogP contribution in [0, 0.1) is 0 Å². The zero-order chi connectivity index (χ0) is 12.8. The van der Waals surface area contributed by atoms with Crippen LogP contribution in [0.4, 0.5) is 13.2 Å². The van der Waals surface area contributed by atoms with E-state index in [0.717, 1.165) is 31.1 Å². The highest BCUT2D eigenvalue weighted by atomic mass is 32.2. The van der Waals surface area contributed by atoms with Crippen molar-refractivity contribution < 1.29 is 17.9 Å². The molecule has 0 amide bonds. The van der Waals surface area contributed by atoms with Crippen molar-refractivity contribution >= 4 is 20.6 Å². The fraction of sp³-hybridized carbons (Fsp3) is 0.429. The van der Waals surface area contributed by atoms with Gasteiger partial charge in [-0.25, -0.2) is 0 Å². The van der Waals surface area contributed by atoms with Crippen LogP contribution < -0.4 is 4.70 Å². The van der Waals surface area contributed by atoms with E-state index >= 15 is 0 Å². The number of hydrogen-bond acceptors (Lipinski definition) is 0. The van der Waals surface area contributed by atoms with Gasteiger partial charge in [-0.15, -0.1) is 13.2 Å². The largest absolute Gasteiger partial charge is 1.00 e. The maximum atomic E-state index is 13.3. The van der Waals surface area contributed by atoms with Gasteiger partial charge in [0.1, 0.15) is 0 Å². The van der Waals surface area contributed by atoms with E-state index in [9.17, 15) is 13.2 Å². The Morgan fingerprint density at radius 2 is 1.68 bits per heavy atom. The number of alkyl halides is 3. The Bertz CT molecular complexity index is 564. The predicted molar refractivity (Wildman–Crippen MR) is 68.9 cm³/mol. The first-order chi connectivity index (χ1) is 8.57. The van der Waals surface area contributed by atoms with Crippen molar-refractivity contribution in [1.82, 2.24) is 0 Å². The van der Waals surface area contributed by atoms with E-state index in [1.165, 1.54) is 0 Å². The summed E-state index contributed by atoms with van der Waals surface area (Å²) in [6.45, 7) is 0. The molecule has 1 aliphatic carbocycles. The van der Waals surface area contributed by atoms with E-state index in [-0.39, 0.29) is 10.6 Å². The van der Waals surface area contributed by atoms with Gasteiger partial charge in [0.25, 0.3) is 0 Å². The number of halogens is 4. The Morgan fingerprint density at radius 1 is 1.05 bits per heavy atom. The summed E-state index contributed by atoms with van der Waals surface area (Å²) in [5.74, 6) is 0.141. The summed E-state index contributed by atoms with van der Waals surface area (Å²) >= 11 is 0. The molecule has 1 atom stereocenters. The third-order valence-electron chi connectivity index (χ3n) is 3.66. The maximum absolute atomic E-state index is 13.3. The summed E-state index contributed by atoms with van der Waals surface area (Å²) < 4.78 is 40.4. The van der Waals surface area contributed by atoms with Crippen LogP contribution in [0.3, 0.4) is 0 Å². The monoisotopic (exact) mass is 290 g/mol. The number of thiophene rings is 1. The number of hydrogen-bond donors (Lipinski definition) is 0. The van der Waals surface area contributed by atoms with Gasteiger partial charge < -0.3 is 4.70 Å². The molecule has 5 heteroatoms. The highest BCUT2D eigenvalue weighted by Crippen LogP contribution is 2.55. The lowest BCUT2D eigenvalue weighted by molar-refractivity contribution is -0.0868. The number of rotatable bonds is 1. The Hall–Kier alpha value is -1.10. The van der Waals surface area contributed by atoms with Crippen LogP contribution >= 0.6 is 10.5 Å². The predicted octanol–water partition coefficient (Wildman–Crippen LogP) is 2.73. The molecule has 0 radical (unpaired) electrons. The third kappa shape index (κ3) is 2.48. The average Bonchev–Trinajstić information content (AvgIpc) is 2.94. The molecule has 1 saturated carbocycles. The maximum Gasteiger partial charge on any atom is 0.600 e. The first kappa shape index (κ1) is 14.3. The lowest BCUT2D eigenvalue weighted by atomic mass is 10.1. The molecule has 0 nitrogen and oxygen atoms in total. The Labute approximate surface area is 111 Å². The molecule has 1 aromatic carbocycles. The molecule has 2 aromatic rings. The lowest BCUT2D eigenvalue weighted by Crippen LogP contribution is -3.00. The van der Waals surface area contributed by atoms with Crippen molar-refractivity contribution in [2.45, 2.75) is 37.1 Å². The number of benzene rings is 1. The van der Waals surface area contributed by atoms with Crippen LogP contribution in [0.2, 0.25) is 0 Å². The van der Waals surface area contributed by atoms with E-state index in [1.54, 1.807) is 24.3 Å². The fourth-order valence-electron chi connectivity index (χ4n) is 2.88. The highest BCUT2D eigenvalue weighted by Gasteiger charge is 2.49. The molecule has 1 aromatic heterocycles. The average molecular weight is 290 g/mol. The van der Waals surface area contributed by atoms with Crippen LogP contribution in [0.15, 0.2) is 30.3 Å². The van der Waals surface area contributed by atoms with E-state index in [1.807, 2.05) is 6.07 Å². The lowest BCUT2D eigenvalue weighted by Gasteiger charge is -2.05. The van der Waals surface area contributed by atoms with Gasteiger partial charge in [-0.3, -0.25) is 0 Å². The van der Waals surface area contributed by atoms with E-state index in [4.69, 9.17) is 0 Å². The van der Waals surface area contributed by atoms with Crippen LogP contribution in [0.1, 0.15) is 36.5 Å². The van der Waals surface area contributed by atoms with Gasteiger partial charge in [0.2, 0.25) is 0 Å². The van der Waals surface area contributed by atoms with Crippen LogP contribution in [0.5, 0.6) is 0 Å². The molecule has 0 bridgehead atoms. The number of fused-ring (bicyclic) bond motifs is 1. The van der Waals surface area contributed by atoms with E-state index in [0.29, 0.717) is 9.58 Å². The summed E-state index contributed by atoms with van der Waals surface area (Å²) in [4.78, 5) is 0.626. The summed E-state index contributed by atoms with van der Waals surface area (Å²) in [7, 11) is -1.69. The molecule has 1 heterocycles. The van der Waals surface area contributed by atoms with Crippen molar-refractivity contribution in [2.24, 2.45) is 0 Å². The molecule has 19 heavy (non-hydrogen) atoms. The molecule has 0 saturated heterocycles. The molecule has 1 fully saturated rings. The summed E-state index contributed by atoms with van der Waals surface area (Å²) in [6, 6.07) is 8.73. The van der Waals surface area contributed by atoms with Gasteiger partial charge in [0.15, 0.2) is 9.58 Å². The SMILES string of the molecule is FC(F)(F)[s+]1c(C2CCCC2)cc2ccccc21.[F-]. The molecular formula is C14H14F4S. The van der Waals surface area contributed by atoms with Crippen molar-refractivity contribution in [3.63, 3.8) is 0 Å². The van der Waals surface area contributed by atoms with E-state index < -0.39 is 16.0 Å². The Balaban J connectivity index is 0.00000133. The molecule has 1 unspecified atom stereocenters.